The summed E-state index contributed by atoms with van der Waals surface area (Å²) in [5, 5.41) is 19.8. The van der Waals surface area contributed by atoms with Crippen molar-refractivity contribution < 1.29 is 15.0 Å². The zero-order chi connectivity index (χ0) is 17.3. The maximum atomic E-state index is 11.5. The molecule has 0 spiro atoms. The van der Waals surface area contributed by atoms with E-state index in [0.29, 0.717) is 11.1 Å². The molecule has 3 heteroatoms. The molecule has 0 aromatic heterocycles. The van der Waals surface area contributed by atoms with Crippen LogP contribution in [-0.4, -0.2) is 16.2 Å². The SMILES string of the molecule is Cc1cccc(-c2cc(C(=O)O)cc(-c3cccc(C)c3O)c2)c1. The summed E-state index contributed by atoms with van der Waals surface area (Å²) < 4.78 is 0. The van der Waals surface area contributed by atoms with Gasteiger partial charge in [-0.15, -0.1) is 0 Å². The molecule has 0 fully saturated rings. The fourth-order valence-corrected chi connectivity index (χ4v) is 2.79. The van der Waals surface area contributed by atoms with Gasteiger partial charge in [0.15, 0.2) is 0 Å². The molecule has 24 heavy (non-hydrogen) atoms. The van der Waals surface area contributed by atoms with Crippen LogP contribution in [0.15, 0.2) is 60.7 Å². The van der Waals surface area contributed by atoms with Gasteiger partial charge in [-0.05, 0) is 54.3 Å². The van der Waals surface area contributed by atoms with E-state index in [1.807, 2.05) is 56.3 Å². The highest BCUT2D eigenvalue weighted by molar-refractivity contribution is 5.92. The molecule has 0 amide bonds. The van der Waals surface area contributed by atoms with Crippen LogP contribution in [0.4, 0.5) is 0 Å². The average molecular weight is 318 g/mol. The fraction of sp³-hybridized carbons (Fsp3) is 0.0952. The Morgan fingerprint density at radius 3 is 2.25 bits per heavy atom. The van der Waals surface area contributed by atoms with Crippen LogP contribution >= 0.6 is 0 Å². The smallest absolute Gasteiger partial charge is 0.335 e. The molecule has 0 aliphatic heterocycles. The first-order valence-electron chi connectivity index (χ1n) is 7.70. The predicted octanol–water partition coefficient (Wildman–Crippen LogP) is 5.04. The number of phenols is 1. The van der Waals surface area contributed by atoms with Crippen molar-refractivity contribution in [3.8, 4) is 28.0 Å². The molecule has 3 nitrogen and oxygen atoms in total. The Morgan fingerprint density at radius 1 is 0.833 bits per heavy atom. The number of carboxylic acid groups (broad SMARTS) is 1. The average Bonchev–Trinajstić information content (AvgIpc) is 2.57. The van der Waals surface area contributed by atoms with Crippen molar-refractivity contribution >= 4 is 5.97 Å². The molecular formula is C21H18O3. The number of hydrogen-bond acceptors (Lipinski definition) is 2. The molecular weight excluding hydrogens is 300 g/mol. The third-order valence-electron chi connectivity index (χ3n) is 4.08. The van der Waals surface area contributed by atoms with E-state index in [1.165, 1.54) is 0 Å². The minimum absolute atomic E-state index is 0.176. The van der Waals surface area contributed by atoms with E-state index < -0.39 is 5.97 Å². The van der Waals surface area contributed by atoms with Gasteiger partial charge in [0.25, 0.3) is 0 Å². The molecule has 3 rings (SSSR count). The van der Waals surface area contributed by atoms with Crippen molar-refractivity contribution in [2.24, 2.45) is 0 Å². The van der Waals surface area contributed by atoms with Gasteiger partial charge in [-0.25, -0.2) is 4.79 Å². The highest BCUT2D eigenvalue weighted by Crippen LogP contribution is 2.35. The quantitative estimate of drug-likeness (QED) is 0.711. The third kappa shape index (κ3) is 3.01. The zero-order valence-electron chi connectivity index (χ0n) is 13.6. The van der Waals surface area contributed by atoms with Crippen molar-refractivity contribution in [1.29, 1.82) is 0 Å². The van der Waals surface area contributed by atoms with Gasteiger partial charge < -0.3 is 10.2 Å². The summed E-state index contributed by atoms with van der Waals surface area (Å²) in [6.45, 7) is 3.82. The van der Waals surface area contributed by atoms with E-state index in [0.717, 1.165) is 22.3 Å². The number of aromatic carboxylic acids is 1. The van der Waals surface area contributed by atoms with Crippen LogP contribution in [0.1, 0.15) is 21.5 Å². The molecule has 2 N–H and O–H groups in total. The van der Waals surface area contributed by atoms with Crippen LogP contribution < -0.4 is 0 Å². The van der Waals surface area contributed by atoms with Crippen LogP contribution in [0.2, 0.25) is 0 Å². The van der Waals surface area contributed by atoms with Gasteiger partial charge >= 0.3 is 5.97 Å². The van der Waals surface area contributed by atoms with Crippen LogP contribution in [0, 0.1) is 13.8 Å². The Morgan fingerprint density at radius 2 is 1.54 bits per heavy atom. The molecule has 3 aromatic rings. The summed E-state index contributed by atoms with van der Waals surface area (Å²) in [5.74, 6) is -0.812. The summed E-state index contributed by atoms with van der Waals surface area (Å²) in [7, 11) is 0. The van der Waals surface area contributed by atoms with Crippen LogP contribution in [-0.2, 0) is 0 Å². The summed E-state index contributed by atoms with van der Waals surface area (Å²) in [6.07, 6.45) is 0. The Balaban J connectivity index is 2.24. The molecule has 120 valence electrons. The van der Waals surface area contributed by atoms with Crippen LogP contribution in [0.5, 0.6) is 5.75 Å². The van der Waals surface area contributed by atoms with E-state index in [4.69, 9.17) is 0 Å². The molecule has 3 aromatic carbocycles. The topological polar surface area (TPSA) is 57.5 Å². The summed E-state index contributed by atoms with van der Waals surface area (Å²) in [6, 6.07) is 18.5. The lowest BCUT2D eigenvalue weighted by Gasteiger charge is -2.11. The third-order valence-corrected chi connectivity index (χ3v) is 4.08. The number of rotatable bonds is 3. The second-order valence-corrected chi connectivity index (χ2v) is 5.94. The minimum Gasteiger partial charge on any atom is -0.507 e. The second-order valence-electron chi connectivity index (χ2n) is 5.94. The van der Waals surface area contributed by atoms with Gasteiger partial charge in [0.05, 0.1) is 5.56 Å². The van der Waals surface area contributed by atoms with Gasteiger partial charge in [-0.1, -0.05) is 48.0 Å². The first kappa shape index (κ1) is 15.8. The maximum absolute atomic E-state index is 11.5. The Labute approximate surface area is 140 Å². The lowest BCUT2D eigenvalue weighted by atomic mass is 9.94. The molecule has 0 heterocycles. The summed E-state index contributed by atoms with van der Waals surface area (Å²) >= 11 is 0. The highest BCUT2D eigenvalue weighted by atomic mass is 16.4. The number of carbonyl (C=O) groups is 1. The molecule has 0 aliphatic rings. The number of aryl methyl sites for hydroxylation is 2. The number of phenolic OH excluding ortho intramolecular Hbond substituents is 1. The standard InChI is InChI=1S/C21H18O3/c1-13-5-3-7-15(9-13)16-10-17(12-18(11-16)21(23)24)19-8-4-6-14(2)20(19)22/h3-12,22H,1-2H3,(H,23,24). The van der Waals surface area contributed by atoms with E-state index in [9.17, 15) is 15.0 Å². The summed E-state index contributed by atoms with van der Waals surface area (Å²) in [5.41, 5.74) is 5.14. The molecule has 0 atom stereocenters. The molecule has 0 saturated heterocycles. The zero-order valence-corrected chi connectivity index (χ0v) is 13.6. The van der Waals surface area contributed by atoms with Crippen LogP contribution in [0.3, 0.4) is 0 Å². The number of carboxylic acids is 1. The lowest BCUT2D eigenvalue weighted by molar-refractivity contribution is 0.0697. The van der Waals surface area contributed by atoms with Gasteiger partial charge in [-0.2, -0.15) is 0 Å². The fourth-order valence-electron chi connectivity index (χ4n) is 2.79. The van der Waals surface area contributed by atoms with Gasteiger partial charge in [-0.3, -0.25) is 0 Å². The Bertz CT molecular complexity index is 926. The van der Waals surface area contributed by atoms with Crippen molar-refractivity contribution in [1.82, 2.24) is 0 Å². The number of aromatic hydroxyl groups is 1. The maximum Gasteiger partial charge on any atom is 0.335 e. The predicted molar refractivity (Wildman–Crippen MR) is 95.4 cm³/mol. The lowest BCUT2D eigenvalue weighted by Crippen LogP contribution is -1.98. The first-order chi connectivity index (χ1) is 11.5. The molecule has 0 radical (unpaired) electrons. The van der Waals surface area contributed by atoms with Gasteiger partial charge in [0.2, 0.25) is 0 Å². The second kappa shape index (κ2) is 6.20. The monoisotopic (exact) mass is 318 g/mol. The van der Waals surface area contributed by atoms with E-state index in [2.05, 4.69) is 0 Å². The van der Waals surface area contributed by atoms with Crippen molar-refractivity contribution in [3.05, 3.63) is 77.4 Å². The van der Waals surface area contributed by atoms with Gasteiger partial charge in [0.1, 0.15) is 5.75 Å². The number of hydrogen-bond donors (Lipinski definition) is 2. The largest absolute Gasteiger partial charge is 0.507 e. The van der Waals surface area contributed by atoms with E-state index in [1.54, 1.807) is 18.2 Å². The van der Waals surface area contributed by atoms with E-state index >= 15 is 0 Å². The molecule has 0 unspecified atom stereocenters. The van der Waals surface area contributed by atoms with Gasteiger partial charge in [0, 0.05) is 5.56 Å². The number of para-hydroxylation sites is 1. The van der Waals surface area contributed by atoms with Crippen LogP contribution in [0.25, 0.3) is 22.3 Å². The minimum atomic E-state index is -0.988. The summed E-state index contributed by atoms with van der Waals surface area (Å²) in [4.78, 5) is 11.5. The Hall–Kier alpha value is -3.07. The first-order valence-corrected chi connectivity index (χ1v) is 7.70. The molecule has 0 saturated carbocycles. The van der Waals surface area contributed by atoms with E-state index in [-0.39, 0.29) is 11.3 Å². The molecule has 0 aliphatic carbocycles. The highest BCUT2D eigenvalue weighted by Gasteiger charge is 2.13. The van der Waals surface area contributed by atoms with Crippen molar-refractivity contribution in [2.45, 2.75) is 13.8 Å². The number of benzene rings is 3. The normalized spacial score (nSPS) is 10.6. The van der Waals surface area contributed by atoms with Crippen molar-refractivity contribution in [2.75, 3.05) is 0 Å². The molecule has 0 bridgehead atoms. The Kier molecular flexibility index (Phi) is 4.09. The van der Waals surface area contributed by atoms with Crippen molar-refractivity contribution in [3.63, 3.8) is 0 Å².